The zero-order valence-electron chi connectivity index (χ0n) is 14.3. The van der Waals surface area contributed by atoms with Crippen molar-refractivity contribution in [2.24, 2.45) is 7.05 Å². The minimum Gasteiger partial charge on any atom is -0.338 e. The number of aromatic nitrogens is 6. The minimum absolute atomic E-state index is 0.0948. The molecule has 4 heterocycles. The lowest BCUT2D eigenvalue weighted by Gasteiger charge is -2.10. The van der Waals surface area contributed by atoms with Crippen molar-refractivity contribution in [2.45, 2.75) is 6.18 Å². The maximum Gasteiger partial charge on any atom is 0.418 e. The molecule has 2 N–H and O–H groups in total. The van der Waals surface area contributed by atoms with Gasteiger partial charge in [0.15, 0.2) is 0 Å². The van der Waals surface area contributed by atoms with E-state index in [1.165, 1.54) is 35.4 Å². The van der Waals surface area contributed by atoms with Gasteiger partial charge in [0.1, 0.15) is 17.8 Å². The summed E-state index contributed by atoms with van der Waals surface area (Å²) in [6, 6.07) is 6.89. The van der Waals surface area contributed by atoms with Crippen LogP contribution in [0.3, 0.4) is 0 Å². The molecule has 142 valence electrons. The molecule has 4 rings (SSSR count). The molecule has 11 heteroatoms. The smallest absolute Gasteiger partial charge is 0.338 e. The maximum absolute atomic E-state index is 13.2. The second-order valence-corrected chi connectivity index (χ2v) is 5.88. The zero-order valence-corrected chi connectivity index (χ0v) is 14.3. The van der Waals surface area contributed by atoms with Gasteiger partial charge in [-0.25, -0.2) is 14.6 Å². The highest BCUT2D eigenvalue weighted by molar-refractivity contribution is 6.01. The predicted molar refractivity (Wildman–Crippen MR) is 93.3 cm³/mol. The summed E-state index contributed by atoms with van der Waals surface area (Å²) in [5, 5.41) is 6.96. The number of pyridine rings is 2. The first kappa shape index (κ1) is 17.6. The molecular weight excluding hydrogens is 375 g/mol. The molecule has 1 amide bonds. The number of nitrogens with zero attached hydrogens (tertiary/aromatic N) is 5. The second kappa shape index (κ2) is 6.44. The van der Waals surface area contributed by atoms with E-state index in [4.69, 9.17) is 0 Å². The number of H-pyrrole nitrogens is 1. The van der Waals surface area contributed by atoms with Crippen molar-refractivity contribution < 1.29 is 18.0 Å². The van der Waals surface area contributed by atoms with Crippen LogP contribution in [-0.2, 0) is 13.2 Å². The summed E-state index contributed by atoms with van der Waals surface area (Å²) in [6.45, 7) is 0. The Kier molecular flexibility index (Phi) is 4.06. The molecule has 0 aromatic carbocycles. The summed E-state index contributed by atoms with van der Waals surface area (Å²) < 4.78 is 41.0. The zero-order chi connectivity index (χ0) is 19.9. The molecule has 0 aliphatic rings. The highest BCUT2D eigenvalue weighted by Gasteiger charge is 2.34. The summed E-state index contributed by atoms with van der Waals surface area (Å²) in [6.07, 6.45) is -2.01. The molecule has 4 aromatic rings. The van der Waals surface area contributed by atoms with Crippen LogP contribution in [0, 0.1) is 0 Å². The lowest BCUT2D eigenvalue weighted by atomic mass is 10.1. The van der Waals surface area contributed by atoms with E-state index in [9.17, 15) is 18.0 Å². The quantitative estimate of drug-likeness (QED) is 0.563. The van der Waals surface area contributed by atoms with Gasteiger partial charge in [0.2, 0.25) is 5.82 Å². The van der Waals surface area contributed by atoms with Crippen molar-refractivity contribution in [1.29, 1.82) is 0 Å². The van der Waals surface area contributed by atoms with Crippen LogP contribution in [0.2, 0.25) is 0 Å². The number of hydrogen-bond acceptors (Lipinski definition) is 5. The number of rotatable bonds is 3. The monoisotopic (exact) mass is 387 g/mol. The standard InChI is InChI=1S/C17H12F3N7O/c1-27-15(22-8-23-27)16(28)26-12-5-4-9-7-11(24-14(9)25-12)13-10(17(18,19)20)3-2-6-21-13/h2-8H,1H3,(H2,24,25,26,28). The van der Waals surface area contributed by atoms with Gasteiger partial charge in [0.05, 0.1) is 17.0 Å². The van der Waals surface area contributed by atoms with Crippen molar-refractivity contribution in [1.82, 2.24) is 29.7 Å². The van der Waals surface area contributed by atoms with Gasteiger partial charge in [-0.15, -0.1) is 0 Å². The van der Waals surface area contributed by atoms with Crippen LogP contribution in [0.15, 0.2) is 42.9 Å². The van der Waals surface area contributed by atoms with E-state index in [0.717, 1.165) is 6.07 Å². The molecule has 0 atom stereocenters. The molecule has 28 heavy (non-hydrogen) atoms. The first-order valence-corrected chi connectivity index (χ1v) is 8.00. The van der Waals surface area contributed by atoms with Crippen molar-refractivity contribution in [3.05, 3.63) is 54.2 Å². The number of carbonyl (C=O) groups excluding carboxylic acids is 1. The lowest BCUT2D eigenvalue weighted by molar-refractivity contribution is -0.137. The Morgan fingerprint density at radius 2 is 2.04 bits per heavy atom. The van der Waals surface area contributed by atoms with Crippen LogP contribution >= 0.6 is 0 Å². The molecule has 0 spiro atoms. The maximum atomic E-state index is 13.2. The van der Waals surface area contributed by atoms with Gasteiger partial charge in [0, 0.05) is 18.6 Å². The first-order chi connectivity index (χ1) is 13.3. The van der Waals surface area contributed by atoms with Gasteiger partial charge >= 0.3 is 6.18 Å². The number of carbonyl (C=O) groups is 1. The van der Waals surface area contributed by atoms with E-state index in [1.807, 2.05) is 0 Å². The molecule has 0 aliphatic carbocycles. The van der Waals surface area contributed by atoms with Crippen LogP contribution < -0.4 is 5.32 Å². The minimum atomic E-state index is -4.54. The Labute approximate surface area is 155 Å². The number of anilines is 1. The molecule has 0 bridgehead atoms. The molecule has 0 radical (unpaired) electrons. The molecule has 0 saturated heterocycles. The molecule has 0 saturated carbocycles. The summed E-state index contributed by atoms with van der Waals surface area (Å²) in [5.41, 5.74) is -0.591. The van der Waals surface area contributed by atoms with Crippen LogP contribution in [0.1, 0.15) is 16.2 Å². The van der Waals surface area contributed by atoms with Gasteiger partial charge in [-0.05, 0) is 30.3 Å². The van der Waals surface area contributed by atoms with Crippen LogP contribution in [0.5, 0.6) is 0 Å². The van der Waals surface area contributed by atoms with Crippen LogP contribution in [0.25, 0.3) is 22.4 Å². The summed E-state index contributed by atoms with van der Waals surface area (Å²) in [4.78, 5) is 27.0. The van der Waals surface area contributed by atoms with Crippen molar-refractivity contribution in [2.75, 3.05) is 5.32 Å². The third-order valence-corrected chi connectivity index (χ3v) is 4.00. The number of halogens is 3. The fourth-order valence-corrected chi connectivity index (χ4v) is 2.73. The molecule has 4 aromatic heterocycles. The molecular formula is C17H12F3N7O. The average molecular weight is 387 g/mol. The van der Waals surface area contributed by atoms with E-state index >= 15 is 0 Å². The number of aryl methyl sites for hydroxylation is 1. The van der Waals surface area contributed by atoms with E-state index in [0.29, 0.717) is 11.0 Å². The second-order valence-electron chi connectivity index (χ2n) is 5.88. The predicted octanol–water partition coefficient (Wildman–Crippen LogP) is 3.02. The normalized spacial score (nSPS) is 11.7. The summed E-state index contributed by atoms with van der Waals surface area (Å²) >= 11 is 0. The Bertz CT molecular complexity index is 1180. The highest BCUT2D eigenvalue weighted by atomic mass is 19.4. The van der Waals surface area contributed by atoms with Gasteiger partial charge in [-0.3, -0.25) is 9.78 Å². The Morgan fingerprint density at radius 1 is 1.21 bits per heavy atom. The highest BCUT2D eigenvalue weighted by Crippen LogP contribution is 2.36. The number of nitrogens with one attached hydrogen (secondary N) is 2. The average Bonchev–Trinajstić information content (AvgIpc) is 3.26. The Balaban J connectivity index is 1.68. The van der Waals surface area contributed by atoms with Crippen molar-refractivity contribution in [3.8, 4) is 11.4 Å². The number of hydrogen-bond donors (Lipinski definition) is 2. The SMILES string of the molecule is Cn1ncnc1C(=O)Nc1ccc2cc(-c3ncccc3C(F)(F)F)[nH]c2n1. The van der Waals surface area contributed by atoms with Crippen molar-refractivity contribution in [3.63, 3.8) is 0 Å². The van der Waals surface area contributed by atoms with E-state index in [1.54, 1.807) is 13.1 Å². The molecule has 0 unspecified atom stereocenters. The lowest BCUT2D eigenvalue weighted by Crippen LogP contribution is -2.18. The van der Waals surface area contributed by atoms with Gasteiger partial charge in [0.25, 0.3) is 5.91 Å². The topological polar surface area (TPSA) is 101 Å². The third kappa shape index (κ3) is 3.17. The number of aromatic amines is 1. The number of fused-ring (bicyclic) bond motifs is 1. The molecule has 0 aliphatic heterocycles. The summed E-state index contributed by atoms with van der Waals surface area (Å²) in [5.74, 6) is -0.203. The number of amides is 1. The van der Waals surface area contributed by atoms with Gasteiger partial charge in [-0.2, -0.15) is 18.3 Å². The van der Waals surface area contributed by atoms with Gasteiger partial charge in [-0.1, -0.05) is 0 Å². The first-order valence-electron chi connectivity index (χ1n) is 8.00. The largest absolute Gasteiger partial charge is 0.418 e. The van der Waals surface area contributed by atoms with Crippen LogP contribution in [-0.4, -0.2) is 35.6 Å². The number of alkyl halides is 3. The molecule has 0 fully saturated rings. The van der Waals surface area contributed by atoms with E-state index in [2.05, 4.69) is 30.4 Å². The summed E-state index contributed by atoms with van der Waals surface area (Å²) in [7, 11) is 1.57. The van der Waals surface area contributed by atoms with Crippen molar-refractivity contribution >= 4 is 22.8 Å². The van der Waals surface area contributed by atoms with Gasteiger partial charge < -0.3 is 10.3 Å². The van der Waals surface area contributed by atoms with E-state index < -0.39 is 17.6 Å². The van der Waals surface area contributed by atoms with Crippen LogP contribution in [0.4, 0.5) is 19.0 Å². The third-order valence-electron chi connectivity index (χ3n) is 4.00. The Hall–Kier alpha value is -3.76. The van der Waals surface area contributed by atoms with E-state index in [-0.39, 0.29) is 23.0 Å². The fraction of sp³-hybridized carbons (Fsp3) is 0.118. The fourth-order valence-electron chi connectivity index (χ4n) is 2.73. The Morgan fingerprint density at radius 3 is 2.75 bits per heavy atom. The molecule has 8 nitrogen and oxygen atoms in total.